The van der Waals surface area contributed by atoms with Crippen LogP contribution in [0.5, 0.6) is 23.0 Å². The van der Waals surface area contributed by atoms with Crippen molar-refractivity contribution in [2.45, 2.75) is 49.0 Å². The standard InChI is InChI=1S/C28H30O13/c1-2-17-26(38-12-18-25(35)37-7-6-28(17,18)36)41-27-24(22(34)21(33)20(11-29)39-27)40-23-16(9-15(31)10-19(23)32)13-4-3-5-14(30)8-13/h2-5,8-10,12,17,20-22,24,26-27,29-34,36H,1,6-7,11H2/t17-,20+,21+,22-,24+,26-,27-,28+/m0/s1. The number of carbonyl (C=O) groups excluding carboxylic acids is 1. The van der Waals surface area contributed by atoms with Crippen LogP contribution in [0.4, 0.5) is 0 Å². The second kappa shape index (κ2) is 11.2. The maximum absolute atomic E-state index is 12.2. The molecule has 0 bridgehead atoms. The van der Waals surface area contributed by atoms with Crippen molar-refractivity contribution >= 4 is 5.97 Å². The third-order valence-electron chi connectivity index (χ3n) is 7.38. The van der Waals surface area contributed by atoms with E-state index in [1.807, 2.05) is 0 Å². The molecule has 0 saturated carbocycles. The fourth-order valence-corrected chi connectivity index (χ4v) is 5.22. The van der Waals surface area contributed by atoms with Gasteiger partial charge >= 0.3 is 5.97 Å². The van der Waals surface area contributed by atoms with Gasteiger partial charge in [0.25, 0.3) is 0 Å². The molecular formula is C28H30O13. The minimum Gasteiger partial charge on any atom is -0.508 e. The van der Waals surface area contributed by atoms with E-state index < -0.39 is 66.8 Å². The van der Waals surface area contributed by atoms with Gasteiger partial charge in [-0.05, 0) is 23.8 Å². The van der Waals surface area contributed by atoms with E-state index in [0.717, 1.165) is 12.3 Å². The molecule has 8 atom stereocenters. The molecule has 0 amide bonds. The number of fused-ring (bicyclic) bond motifs is 1. The van der Waals surface area contributed by atoms with Gasteiger partial charge in [0, 0.05) is 18.1 Å². The molecule has 2 fully saturated rings. The summed E-state index contributed by atoms with van der Waals surface area (Å²) in [5.41, 5.74) is -1.44. The van der Waals surface area contributed by atoms with Crippen molar-refractivity contribution in [3.8, 4) is 34.1 Å². The average molecular weight is 575 g/mol. The summed E-state index contributed by atoms with van der Waals surface area (Å²) in [6.45, 7) is 2.96. The first-order chi connectivity index (χ1) is 19.6. The van der Waals surface area contributed by atoms with E-state index in [1.165, 1.54) is 30.3 Å². The van der Waals surface area contributed by atoms with Crippen LogP contribution in [0, 0.1) is 5.92 Å². The first-order valence-corrected chi connectivity index (χ1v) is 12.8. The Morgan fingerprint density at radius 3 is 2.56 bits per heavy atom. The molecule has 3 aliphatic heterocycles. The van der Waals surface area contributed by atoms with E-state index in [0.29, 0.717) is 5.56 Å². The quantitative estimate of drug-likeness (QED) is 0.177. The van der Waals surface area contributed by atoms with E-state index in [4.69, 9.17) is 23.7 Å². The Morgan fingerprint density at radius 2 is 1.85 bits per heavy atom. The SMILES string of the molecule is C=C[C@H]1[C@H](O[C@@H]2O[C@H](CO)[C@@H](O)[C@H](O)[C@H]2Oc2c(O)cc(O)cc2-c2cccc(O)c2)OC=C2C(=O)OCC[C@]21O. The Bertz CT molecular complexity index is 1340. The summed E-state index contributed by atoms with van der Waals surface area (Å²) >= 11 is 0. The van der Waals surface area contributed by atoms with Crippen molar-refractivity contribution in [2.75, 3.05) is 13.2 Å². The predicted molar refractivity (Wildman–Crippen MR) is 137 cm³/mol. The van der Waals surface area contributed by atoms with Crippen molar-refractivity contribution in [3.63, 3.8) is 0 Å². The van der Waals surface area contributed by atoms with Crippen LogP contribution in [-0.4, -0.2) is 97.5 Å². The number of aliphatic hydroxyl groups excluding tert-OH is 3. The van der Waals surface area contributed by atoms with Gasteiger partial charge in [0.2, 0.25) is 12.6 Å². The molecule has 13 heteroatoms. The van der Waals surface area contributed by atoms with E-state index in [2.05, 4.69) is 6.58 Å². The van der Waals surface area contributed by atoms with E-state index in [9.17, 15) is 40.5 Å². The number of carbonyl (C=O) groups is 1. The molecule has 0 radical (unpaired) electrons. The summed E-state index contributed by atoms with van der Waals surface area (Å²) in [4.78, 5) is 12.2. The number of cyclic esters (lactones) is 1. The summed E-state index contributed by atoms with van der Waals surface area (Å²) in [6, 6.07) is 8.11. The van der Waals surface area contributed by atoms with E-state index in [1.54, 1.807) is 6.07 Å². The minimum atomic E-state index is -1.75. The summed E-state index contributed by atoms with van der Waals surface area (Å²) < 4.78 is 28.3. The molecule has 7 N–H and O–H groups in total. The van der Waals surface area contributed by atoms with Gasteiger partial charge in [0.1, 0.15) is 41.0 Å². The maximum Gasteiger partial charge on any atom is 0.340 e. The third kappa shape index (κ3) is 5.19. The number of hydrogen-bond acceptors (Lipinski definition) is 13. The van der Waals surface area contributed by atoms with Crippen LogP contribution >= 0.6 is 0 Å². The molecule has 220 valence electrons. The topological polar surface area (TPSA) is 205 Å². The summed E-state index contributed by atoms with van der Waals surface area (Å²) in [5, 5.41) is 73.6. The Labute approximate surface area is 233 Å². The first-order valence-electron chi connectivity index (χ1n) is 12.8. The number of aliphatic hydroxyl groups is 4. The summed E-state index contributed by atoms with van der Waals surface area (Å²) in [6.07, 6.45) is -6.88. The van der Waals surface area contributed by atoms with Gasteiger partial charge in [-0.25, -0.2) is 4.79 Å². The van der Waals surface area contributed by atoms with E-state index >= 15 is 0 Å². The highest BCUT2D eigenvalue weighted by atomic mass is 16.8. The highest BCUT2D eigenvalue weighted by Gasteiger charge is 2.55. The van der Waals surface area contributed by atoms with Crippen LogP contribution in [0.2, 0.25) is 0 Å². The Hall–Kier alpha value is -3.85. The summed E-state index contributed by atoms with van der Waals surface area (Å²) in [7, 11) is 0. The molecule has 0 unspecified atom stereocenters. The third-order valence-corrected chi connectivity index (χ3v) is 7.38. The molecule has 0 spiro atoms. The number of esters is 1. The van der Waals surface area contributed by atoms with Gasteiger partial charge in [-0.2, -0.15) is 0 Å². The lowest BCUT2D eigenvalue weighted by Crippen LogP contribution is -2.63. The molecule has 13 nitrogen and oxygen atoms in total. The van der Waals surface area contributed by atoms with Crippen LogP contribution in [0.3, 0.4) is 0 Å². The highest BCUT2D eigenvalue weighted by molar-refractivity contribution is 5.91. The summed E-state index contributed by atoms with van der Waals surface area (Å²) in [5.74, 6) is -3.03. The molecule has 41 heavy (non-hydrogen) atoms. The first kappa shape index (κ1) is 28.7. The largest absolute Gasteiger partial charge is 0.508 e. The lowest BCUT2D eigenvalue weighted by Gasteiger charge is -2.47. The van der Waals surface area contributed by atoms with Crippen LogP contribution in [-0.2, 0) is 23.7 Å². The number of hydrogen-bond donors (Lipinski definition) is 7. The van der Waals surface area contributed by atoms with Gasteiger partial charge in [-0.1, -0.05) is 18.2 Å². The highest BCUT2D eigenvalue weighted by Crippen LogP contribution is 2.45. The van der Waals surface area contributed by atoms with Crippen molar-refractivity contribution < 1.29 is 64.2 Å². The molecule has 3 heterocycles. The van der Waals surface area contributed by atoms with Gasteiger partial charge in [-0.3, -0.25) is 0 Å². The molecule has 0 aliphatic carbocycles. The average Bonchev–Trinajstić information content (AvgIpc) is 2.93. The minimum absolute atomic E-state index is 0.0190. The van der Waals surface area contributed by atoms with Crippen molar-refractivity contribution in [1.29, 1.82) is 0 Å². The normalized spacial score (nSPS) is 33.1. The number of benzene rings is 2. The monoisotopic (exact) mass is 574 g/mol. The predicted octanol–water partition coefficient (Wildman–Crippen LogP) is 0.394. The number of rotatable bonds is 7. The van der Waals surface area contributed by atoms with Crippen LogP contribution in [0.1, 0.15) is 6.42 Å². The fraction of sp³-hybridized carbons (Fsp3) is 0.393. The Balaban J connectivity index is 1.51. The van der Waals surface area contributed by atoms with Crippen LogP contribution in [0.25, 0.3) is 11.1 Å². The van der Waals surface area contributed by atoms with Crippen molar-refractivity contribution in [1.82, 2.24) is 0 Å². The lowest BCUT2D eigenvalue weighted by atomic mass is 9.76. The molecular weight excluding hydrogens is 544 g/mol. The van der Waals surface area contributed by atoms with Gasteiger partial charge in [0.15, 0.2) is 17.6 Å². The van der Waals surface area contributed by atoms with Crippen molar-refractivity contribution in [3.05, 3.63) is 60.9 Å². The lowest BCUT2D eigenvalue weighted by molar-refractivity contribution is -0.340. The number of aromatic hydroxyl groups is 3. The van der Waals surface area contributed by atoms with Crippen LogP contribution in [0.15, 0.2) is 60.9 Å². The molecule has 0 aromatic heterocycles. The molecule has 5 rings (SSSR count). The van der Waals surface area contributed by atoms with Crippen LogP contribution < -0.4 is 4.74 Å². The zero-order valence-corrected chi connectivity index (χ0v) is 21.6. The van der Waals surface area contributed by atoms with Crippen molar-refractivity contribution in [2.24, 2.45) is 5.92 Å². The number of phenols is 3. The van der Waals surface area contributed by atoms with Gasteiger partial charge in [-0.15, -0.1) is 6.58 Å². The Morgan fingerprint density at radius 1 is 1.07 bits per heavy atom. The maximum atomic E-state index is 12.2. The fourth-order valence-electron chi connectivity index (χ4n) is 5.22. The molecule has 2 saturated heterocycles. The molecule has 2 aromatic carbocycles. The number of ether oxygens (including phenoxy) is 5. The smallest absolute Gasteiger partial charge is 0.340 e. The second-order valence-corrected chi connectivity index (χ2v) is 9.92. The molecule has 2 aromatic rings. The number of phenolic OH excluding ortho intramolecular Hbond substituents is 3. The zero-order chi connectivity index (χ0) is 29.5. The zero-order valence-electron chi connectivity index (χ0n) is 21.6. The molecule has 3 aliphatic rings. The van der Waals surface area contributed by atoms with Gasteiger partial charge < -0.3 is 59.4 Å². The van der Waals surface area contributed by atoms with Gasteiger partial charge in [0.05, 0.1) is 25.4 Å². The second-order valence-electron chi connectivity index (χ2n) is 9.92. The Kier molecular flexibility index (Phi) is 7.83. The van der Waals surface area contributed by atoms with E-state index in [-0.39, 0.29) is 41.4 Å².